The predicted molar refractivity (Wildman–Crippen MR) is 93.9 cm³/mol. The van der Waals surface area contributed by atoms with Crippen LogP contribution in [0.15, 0.2) is 94.2 Å². The fourth-order valence-corrected chi connectivity index (χ4v) is 2.01. The van der Waals surface area contributed by atoms with Crippen molar-refractivity contribution in [1.29, 1.82) is 0 Å². The van der Waals surface area contributed by atoms with Crippen molar-refractivity contribution in [2.75, 3.05) is 5.43 Å². The second-order valence-corrected chi connectivity index (χ2v) is 5.08. The lowest BCUT2D eigenvalue weighted by Crippen LogP contribution is -2.01. The number of halogens is 2. The molecule has 0 aliphatic heterocycles. The molecule has 3 aromatic carbocycles. The Morgan fingerprint density at radius 2 is 1.44 bits per heavy atom. The lowest BCUT2D eigenvalue weighted by atomic mass is 10.2. The largest absolute Gasteiger partial charge is 0.276 e. The zero-order valence-corrected chi connectivity index (χ0v) is 13.1. The first-order valence-electron chi connectivity index (χ1n) is 7.53. The van der Waals surface area contributed by atoms with Crippen LogP contribution in [0, 0.1) is 11.6 Å². The van der Waals surface area contributed by atoms with Crippen molar-refractivity contribution in [2.24, 2.45) is 15.3 Å². The summed E-state index contributed by atoms with van der Waals surface area (Å²) < 4.78 is 26.3. The van der Waals surface area contributed by atoms with Crippen molar-refractivity contribution in [3.8, 4) is 0 Å². The fraction of sp³-hybridized carbons (Fsp3) is 0. The molecule has 124 valence electrons. The normalized spacial score (nSPS) is 11.7. The van der Waals surface area contributed by atoms with Gasteiger partial charge in [-0.25, -0.2) is 8.78 Å². The predicted octanol–water partition coefficient (Wildman–Crippen LogP) is 5.52. The molecule has 0 saturated heterocycles. The van der Waals surface area contributed by atoms with Gasteiger partial charge in [-0.2, -0.15) is 5.10 Å². The number of hydrazone groups is 1. The quantitative estimate of drug-likeness (QED) is 0.290. The summed E-state index contributed by atoms with van der Waals surface area (Å²) in [5.41, 5.74) is 4.40. The molecule has 0 fully saturated rings. The molecule has 0 atom stereocenters. The van der Waals surface area contributed by atoms with E-state index in [1.54, 1.807) is 0 Å². The van der Waals surface area contributed by atoms with Gasteiger partial charge in [0.25, 0.3) is 0 Å². The first-order chi connectivity index (χ1) is 12.2. The third-order valence-electron chi connectivity index (χ3n) is 3.26. The number of nitrogens with one attached hydrogen (secondary N) is 1. The van der Waals surface area contributed by atoms with Crippen LogP contribution in [0.3, 0.4) is 0 Å². The van der Waals surface area contributed by atoms with Gasteiger partial charge >= 0.3 is 0 Å². The molecule has 25 heavy (non-hydrogen) atoms. The molecule has 0 amide bonds. The zero-order valence-electron chi connectivity index (χ0n) is 13.1. The standard InChI is InChI=1S/C19H14F2N4/c20-17-12-11-16(13-18(17)21)23-25-19(14-7-3-1-4-8-14)24-22-15-9-5-2-6-10-15/h1-13,23H. The third kappa shape index (κ3) is 4.54. The number of nitrogens with zero attached hydrogens (tertiary/aromatic N) is 3. The van der Waals surface area contributed by atoms with E-state index in [2.05, 4.69) is 20.8 Å². The van der Waals surface area contributed by atoms with Gasteiger partial charge in [0.2, 0.25) is 5.84 Å². The van der Waals surface area contributed by atoms with Gasteiger partial charge in [-0.3, -0.25) is 5.43 Å². The van der Waals surface area contributed by atoms with Crippen LogP contribution in [0.5, 0.6) is 0 Å². The maximum Gasteiger partial charge on any atom is 0.201 e. The van der Waals surface area contributed by atoms with E-state index in [9.17, 15) is 8.78 Å². The van der Waals surface area contributed by atoms with Crippen molar-refractivity contribution >= 4 is 17.2 Å². The fourth-order valence-electron chi connectivity index (χ4n) is 2.01. The van der Waals surface area contributed by atoms with E-state index in [-0.39, 0.29) is 0 Å². The van der Waals surface area contributed by atoms with Crippen molar-refractivity contribution in [3.63, 3.8) is 0 Å². The molecule has 0 radical (unpaired) electrons. The summed E-state index contributed by atoms with van der Waals surface area (Å²) in [7, 11) is 0. The van der Waals surface area contributed by atoms with Gasteiger partial charge in [0.1, 0.15) is 0 Å². The number of hydrogen-bond acceptors (Lipinski definition) is 3. The average molecular weight is 336 g/mol. The lowest BCUT2D eigenvalue weighted by Gasteiger charge is -2.04. The molecule has 4 nitrogen and oxygen atoms in total. The monoisotopic (exact) mass is 336 g/mol. The summed E-state index contributed by atoms with van der Waals surface area (Å²) in [6.07, 6.45) is 0. The Balaban J connectivity index is 1.88. The maximum absolute atomic E-state index is 13.3. The SMILES string of the molecule is Fc1ccc(NN=C(N=Nc2ccccc2)c2ccccc2)cc1F. The van der Waals surface area contributed by atoms with Crippen LogP contribution in [0.4, 0.5) is 20.2 Å². The number of azo groups is 1. The number of benzene rings is 3. The van der Waals surface area contributed by atoms with Gasteiger partial charge in [0.05, 0.1) is 11.4 Å². The first-order valence-corrected chi connectivity index (χ1v) is 7.53. The highest BCUT2D eigenvalue weighted by Crippen LogP contribution is 2.15. The van der Waals surface area contributed by atoms with Gasteiger partial charge in [-0.1, -0.05) is 48.5 Å². The van der Waals surface area contributed by atoms with Crippen LogP contribution in [-0.2, 0) is 0 Å². The molecule has 0 aliphatic carbocycles. The van der Waals surface area contributed by atoms with Crippen LogP contribution in [0.2, 0.25) is 0 Å². The van der Waals surface area contributed by atoms with E-state index in [0.29, 0.717) is 17.2 Å². The van der Waals surface area contributed by atoms with Crippen LogP contribution >= 0.6 is 0 Å². The van der Waals surface area contributed by atoms with Crippen LogP contribution in [0.25, 0.3) is 0 Å². The summed E-state index contributed by atoms with van der Waals surface area (Å²) in [4.78, 5) is 0. The molecule has 3 rings (SSSR count). The Labute approximate surface area is 143 Å². The summed E-state index contributed by atoms with van der Waals surface area (Å²) in [6, 6.07) is 21.9. The maximum atomic E-state index is 13.3. The van der Waals surface area contributed by atoms with Crippen molar-refractivity contribution in [1.82, 2.24) is 0 Å². The summed E-state index contributed by atoms with van der Waals surface area (Å²) in [5, 5.41) is 12.5. The van der Waals surface area contributed by atoms with Crippen LogP contribution < -0.4 is 5.43 Å². The van der Waals surface area contributed by atoms with Crippen LogP contribution in [-0.4, -0.2) is 5.84 Å². The summed E-state index contributed by atoms with van der Waals surface area (Å²) >= 11 is 0. The van der Waals surface area contributed by atoms with Crippen molar-refractivity contribution < 1.29 is 8.78 Å². The third-order valence-corrected chi connectivity index (χ3v) is 3.26. The molecule has 1 N–H and O–H groups in total. The smallest absolute Gasteiger partial charge is 0.201 e. The van der Waals surface area contributed by atoms with Crippen molar-refractivity contribution in [3.05, 3.63) is 96.1 Å². The van der Waals surface area contributed by atoms with E-state index in [1.807, 2.05) is 60.7 Å². The molecule has 6 heteroatoms. The Hall–Kier alpha value is -3.41. The minimum atomic E-state index is -0.952. The van der Waals surface area contributed by atoms with Crippen LogP contribution in [0.1, 0.15) is 5.56 Å². The highest BCUT2D eigenvalue weighted by atomic mass is 19.2. The molecule has 0 spiro atoms. The van der Waals surface area contributed by atoms with Gasteiger partial charge < -0.3 is 0 Å². The molecule has 0 unspecified atom stereocenters. The highest BCUT2D eigenvalue weighted by Gasteiger charge is 2.04. The molecule has 0 heterocycles. The topological polar surface area (TPSA) is 49.1 Å². The van der Waals surface area contributed by atoms with E-state index >= 15 is 0 Å². The molecule has 0 aromatic heterocycles. The van der Waals surface area contributed by atoms with E-state index < -0.39 is 11.6 Å². The zero-order chi connectivity index (χ0) is 17.5. The van der Waals surface area contributed by atoms with Gasteiger partial charge in [0, 0.05) is 11.6 Å². The van der Waals surface area contributed by atoms with Gasteiger partial charge in [-0.15, -0.1) is 10.2 Å². The van der Waals surface area contributed by atoms with Gasteiger partial charge in [0.15, 0.2) is 11.6 Å². The number of rotatable bonds is 4. The Kier molecular flexibility index (Phi) is 5.21. The van der Waals surface area contributed by atoms with Gasteiger partial charge in [-0.05, 0) is 24.3 Å². The highest BCUT2D eigenvalue weighted by molar-refractivity contribution is 5.99. The summed E-state index contributed by atoms with van der Waals surface area (Å²) in [6.45, 7) is 0. The first kappa shape index (κ1) is 16.4. The molecule has 3 aromatic rings. The second-order valence-electron chi connectivity index (χ2n) is 5.08. The van der Waals surface area contributed by atoms with E-state index in [4.69, 9.17) is 0 Å². The molecule has 0 saturated carbocycles. The lowest BCUT2D eigenvalue weighted by molar-refractivity contribution is 0.509. The molecular formula is C19H14F2N4. The molecular weight excluding hydrogens is 322 g/mol. The van der Waals surface area contributed by atoms with E-state index in [0.717, 1.165) is 17.7 Å². The number of anilines is 1. The molecule has 0 aliphatic rings. The Morgan fingerprint density at radius 3 is 2.12 bits per heavy atom. The average Bonchev–Trinajstić information content (AvgIpc) is 2.66. The van der Waals surface area contributed by atoms with Crippen molar-refractivity contribution in [2.45, 2.75) is 0 Å². The second kappa shape index (κ2) is 7.92. The number of hydrogen-bond donors (Lipinski definition) is 1. The minimum Gasteiger partial charge on any atom is -0.276 e. The Bertz CT molecular complexity index is 894. The summed E-state index contributed by atoms with van der Waals surface area (Å²) in [5.74, 6) is -1.55. The molecule has 0 bridgehead atoms. The number of amidine groups is 1. The minimum absolute atomic E-state index is 0.308. The van der Waals surface area contributed by atoms with E-state index in [1.165, 1.54) is 6.07 Å². The Morgan fingerprint density at radius 1 is 0.760 bits per heavy atom.